The van der Waals surface area contributed by atoms with Gasteiger partial charge in [-0.15, -0.1) is 0 Å². The average molecular weight is 292 g/mol. The summed E-state index contributed by atoms with van der Waals surface area (Å²) >= 11 is 0. The van der Waals surface area contributed by atoms with E-state index in [0.717, 1.165) is 16.5 Å². The minimum Gasteiger partial charge on any atom is -0.366 e. The minimum absolute atomic E-state index is 0.449. The number of fused-ring (bicyclic) bond motifs is 1. The van der Waals surface area contributed by atoms with Crippen LogP contribution in [0.25, 0.3) is 10.9 Å². The van der Waals surface area contributed by atoms with Crippen molar-refractivity contribution in [3.05, 3.63) is 66.0 Å². The lowest BCUT2D eigenvalue weighted by Crippen LogP contribution is -2.20. The molecule has 2 aromatic heterocycles. The fraction of sp³-hybridized carbons (Fsp3) is 0.118. The molecule has 0 saturated heterocycles. The zero-order valence-electron chi connectivity index (χ0n) is 12.2. The number of anilines is 1. The highest BCUT2D eigenvalue weighted by atomic mass is 16.1. The number of amides is 1. The molecule has 2 heterocycles. The molecule has 0 aliphatic rings. The Kier molecular flexibility index (Phi) is 3.70. The van der Waals surface area contributed by atoms with Gasteiger partial charge >= 0.3 is 0 Å². The molecule has 22 heavy (non-hydrogen) atoms. The Balaban J connectivity index is 2.01. The number of para-hydroxylation sites is 1. The molecule has 5 heteroatoms. The first-order valence-electron chi connectivity index (χ1n) is 6.95. The molecule has 0 aliphatic carbocycles. The maximum Gasteiger partial charge on any atom is 0.249 e. The van der Waals surface area contributed by atoms with Crippen molar-refractivity contribution in [2.75, 3.05) is 11.9 Å². The predicted molar refractivity (Wildman–Crippen MR) is 86.6 cm³/mol. The molecule has 0 fully saturated rings. The molecule has 1 aromatic carbocycles. The molecule has 3 aromatic rings. The molecular formula is C17H16N4O. The normalized spacial score (nSPS) is 10.6. The molecule has 3 rings (SSSR count). The van der Waals surface area contributed by atoms with Crippen LogP contribution in [0.1, 0.15) is 15.9 Å². The number of hydrogen-bond donors (Lipinski definition) is 1. The van der Waals surface area contributed by atoms with Crippen LogP contribution in [0, 0.1) is 0 Å². The van der Waals surface area contributed by atoms with Crippen molar-refractivity contribution in [2.45, 2.75) is 6.54 Å². The van der Waals surface area contributed by atoms with Crippen LogP contribution < -0.4 is 10.6 Å². The fourth-order valence-corrected chi connectivity index (χ4v) is 2.41. The van der Waals surface area contributed by atoms with Gasteiger partial charge in [-0.1, -0.05) is 24.3 Å². The first-order chi connectivity index (χ1) is 10.6. The van der Waals surface area contributed by atoms with Gasteiger partial charge in [-0.05, 0) is 23.8 Å². The van der Waals surface area contributed by atoms with Crippen molar-refractivity contribution < 1.29 is 4.79 Å². The topological polar surface area (TPSA) is 72.1 Å². The first kappa shape index (κ1) is 14.0. The summed E-state index contributed by atoms with van der Waals surface area (Å²) in [6.07, 6.45) is 3.55. The third kappa shape index (κ3) is 2.74. The van der Waals surface area contributed by atoms with Crippen LogP contribution >= 0.6 is 0 Å². The largest absolute Gasteiger partial charge is 0.366 e. The third-order valence-corrected chi connectivity index (χ3v) is 3.50. The quantitative estimate of drug-likeness (QED) is 0.801. The highest BCUT2D eigenvalue weighted by molar-refractivity contribution is 6.06. The summed E-state index contributed by atoms with van der Waals surface area (Å²) in [6.45, 7) is 0.650. The highest BCUT2D eigenvalue weighted by Crippen LogP contribution is 2.23. The second-order valence-electron chi connectivity index (χ2n) is 5.13. The summed E-state index contributed by atoms with van der Waals surface area (Å²) in [6, 6.07) is 13.1. The van der Waals surface area contributed by atoms with Gasteiger partial charge in [0.15, 0.2) is 0 Å². The SMILES string of the molecule is CN(Cc1cccnc1)c1cc(C(N)=O)c2ccccc2n1. The van der Waals surface area contributed by atoms with E-state index in [-0.39, 0.29) is 0 Å². The van der Waals surface area contributed by atoms with Gasteiger partial charge in [0, 0.05) is 31.4 Å². The molecule has 5 nitrogen and oxygen atoms in total. The van der Waals surface area contributed by atoms with Crippen LogP contribution in [0.3, 0.4) is 0 Å². The van der Waals surface area contributed by atoms with Crippen molar-refractivity contribution >= 4 is 22.6 Å². The lowest BCUT2D eigenvalue weighted by atomic mass is 10.1. The van der Waals surface area contributed by atoms with E-state index in [9.17, 15) is 4.79 Å². The third-order valence-electron chi connectivity index (χ3n) is 3.50. The number of benzene rings is 1. The predicted octanol–water partition coefficient (Wildman–Crippen LogP) is 2.37. The molecule has 110 valence electrons. The Labute approximate surface area is 128 Å². The Hall–Kier alpha value is -2.95. The molecular weight excluding hydrogens is 276 g/mol. The molecule has 0 unspecified atom stereocenters. The van der Waals surface area contributed by atoms with E-state index >= 15 is 0 Å². The van der Waals surface area contributed by atoms with Crippen molar-refractivity contribution in [1.29, 1.82) is 0 Å². The van der Waals surface area contributed by atoms with Crippen LogP contribution in [-0.4, -0.2) is 22.9 Å². The van der Waals surface area contributed by atoms with Gasteiger partial charge < -0.3 is 10.6 Å². The van der Waals surface area contributed by atoms with Crippen LogP contribution in [0.4, 0.5) is 5.82 Å². The smallest absolute Gasteiger partial charge is 0.249 e. The summed E-state index contributed by atoms with van der Waals surface area (Å²) in [4.78, 5) is 22.4. The second-order valence-corrected chi connectivity index (χ2v) is 5.13. The van der Waals surface area contributed by atoms with E-state index < -0.39 is 5.91 Å². The van der Waals surface area contributed by atoms with E-state index in [4.69, 9.17) is 5.73 Å². The van der Waals surface area contributed by atoms with Crippen molar-refractivity contribution in [1.82, 2.24) is 9.97 Å². The van der Waals surface area contributed by atoms with Gasteiger partial charge in [0.1, 0.15) is 5.82 Å². The number of nitrogens with zero attached hydrogens (tertiary/aromatic N) is 3. The van der Waals surface area contributed by atoms with E-state index in [1.807, 2.05) is 54.5 Å². The molecule has 0 spiro atoms. The number of carbonyl (C=O) groups excluding carboxylic acids is 1. The van der Waals surface area contributed by atoms with Gasteiger partial charge in [0.05, 0.1) is 11.1 Å². The first-order valence-corrected chi connectivity index (χ1v) is 6.95. The number of nitrogens with two attached hydrogens (primary N) is 1. The molecule has 0 aliphatic heterocycles. The number of hydrogen-bond acceptors (Lipinski definition) is 4. The summed E-state index contributed by atoms with van der Waals surface area (Å²) in [5.41, 5.74) is 7.82. The van der Waals surface area contributed by atoms with E-state index in [1.165, 1.54) is 0 Å². The Bertz CT molecular complexity index is 817. The summed E-state index contributed by atoms with van der Waals surface area (Å²) in [7, 11) is 1.93. The van der Waals surface area contributed by atoms with Crippen LogP contribution in [0.2, 0.25) is 0 Å². The number of rotatable bonds is 4. The van der Waals surface area contributed by atoms with E-state index in [1.54, 1.807) is 12.3 Å². The lowest BCUT2D eigenvalue weighted by Gasteiger charge is -2.19. The number of aromatic nitrogens is 2. The maximum absolute atomic E-state index is 11.7. The van der Waals surface area contributed by atoms with Gasteiger partial charge in [0.25, 0.3) is 0 Å². The van der Waals surface area contributed by atoms with Crippen LogP contribution in [-0.2, 0) is 6.54 Å². The van der Waals surface area contributed by atoms with E-state index in [2.05, 4.69) is 9.97 Å². The molecule has 0 bridgehead atoms. The van der Waals surface area contributed by atoms with E-state index in [0.29, 0.717) is 17.9 Å². The summed E-state index contributed by atoms with van der Waals surface area (Å²) in [5.74, 6) is 0.256. The second kappa shape index (κ2) is 5.81. The highest BCUT2D eigenvalue weighted by Gasteiger charge is 2.12. The molecule has 0 radical (unpaired) electrons. The van der Waals surface area contributed by atoms with Crippen molar-refractivity contribution in [2.24, 2.45) is 5.73 Å². The number of pyridine rings is 2. The zero-order valence-corrected chi connectivity index (χ0v) is 12.2. The Morgan fingerprint density at radius 2 is 2.05 bits per heavy atom. The maximum atomic E-state index is 11.7. The zero-order chi connectivity index (χ0) is 15.5. The molecule has 2 N–H and O–H groups in total. The monoisotopic (exact) mass is 292 g/mol. The molecule has 0 atom stereocenters. The van der Waals surface area contributed by atoms with Gasteiger partial charge in [0.2, 0.25) is 5.91 Å². The Morgan fingerprint density at radius 3 is 2.77 bits per heavy atom. The lowest BCUT2D eigenvalue weighted by molar-refractivity contribution is 0.100. The number of primary amides is 1. The van der Waals surface area contributed by atoms with Crippen molar-refractivity contribution in [3.8, 4) is 0 Å². The fourth-order valence-electron chi connectivity index (χ4n) is 2.41. The average Bonchev–Trinajstić information content (AvgIpc) is 2.54. The van der Waals surface area contributed by atoms with Gasteiger partial charge in [-0.2, -0.15) is 0 Å². The molecule has 0 saturated carbocycles. The number of carbonyl (C=O) groups is 1. The van der Waals surface area contributed by atoms with Crippen LogP contribution in [0.15, 0.2) is 54.9 Å². The standard InChI is InChI=1S/C17H16N4O/c1-21(11-12-5-4-8-19-10-12)16-9-14(17(18)22)13-6-2-3-7-15(13)20-16/h2-10H,11H2,1H3,(H2,18,22). The molecule has 1 amide bonds. The summed E-state index contributed by atoms with van der Waals surface area (Å²) < 4.78 is 0. The Morgan fingerprint density at radius 1 is 1.23 bits per heavy atom. The van der Waals surface area contributed by atoms with Crippen LogP contribution in [0.5, 0.6) is 0 Å². The summed E-state index contributed by atoms with van der Waals surface area (Å²) in [5, 5.41) is 0.772. The van der Waals surface area contributed by atoms with Crippen molar-refractivity contribution in [3.63, 3.8) is 0 Å². The van der Waals surface area contributed by atoms with Gasteiger partial charge in [-0.25, -0.2) is 4.98 Å². The minimum atomic E-state index is -0.449. The van der Waals surface area contributed by atoms with Gasteiger partial charge in [-0.3, -0.25) is 9.78 Å².